The van der Waals surface area contributed by atoms with Crippen molar-refractivity contribution in [3.8, 4) is 0 Å². The number of benzene rings is 2. The van der Waals surface area contributed by atoms with E-state index in [9.17, 15) is 0 Å². The van der Waals surface area contributed by atoms with Crippen molar-refractivity contribution in [3.05, 3.63) is 121 Å². The van der Waals surface area contributed by atoms with Crippen LogP contribution in [0.4, 0.5) is 11.4 Å². The molecule has 2 heterocycles. The molecule has 0 radical (unpaired) electrons. The molecule has 2 fully saturated rings. The fourth-order valence-corrected chi connectivity index (χ4v) is 9.13. The Kier molecular flexibility index (Phi) is 5.49. The van der Waals surface area contributed by atoms with E-state index in [0.29, 0.717) is 53.8 Å². The third-order valence-electron chi connectivity index (χ3n) is 10.5. The van der Waals surface area contributed by atoms with Gasteiger partial charge in [-0.1, -0.05) is 96.7 Å². The van der Waals surface area contributed by atoms with Crippen LogP contribution in [0.2, 0.25) is 0 Å². The van der Waals surface area contributed by atoms with Gasteiger partial charge < -0.3 is 9.80 Å². The minimum atomic E-state index is 0.449. The summed E-state index contributed by atoms with van der Waals surface area (Å²) in [5.41, 5.74) is 4.55. The maximum absolute atomic E-state index is 2.83. The van der Waals surface area contributed by atoms with E-state index in [2.05, 4.69) is 125 Å². The predicted octanol–water partition coefficient (Wildman–Crippen LogP) is 7.74. The highest BCUT2D eigenvalue weighted by Gasteiger charge is 2.53. The van der Waals surface area contributed by atoms with E-state index in [0.717, 1.165) is 0 Å². The average molecular weight is 499 g/mol. The first-order chi connectivity index (χ1) is 18.9. The lowest BCUT2D eigenvalue weighted by Gasteiger charge is -2.42. The van der Waals surface area contributed by atoms with Crippen molar-refractivity contribution in [1.82, 2.24) is 0 Å². The van der Waals surface area contributed by atoms with Crippen molar-refractivity contribution in [3.63, 3.8) is 0 Å². The van der Waals surface area contributed by atoms with Gasteiger partial charge in [0.2, 0.25) is 0 Å². The Bertz CT molecular complexity index is 1320. The van der Waals surface area contributed by atoms with Gasteiger partial charge in [-0.3, -0.25) is 0 Å². The van der Waals surface area contributed by atoms with Gasteiger partial charge in [0, 0.05) is 59.1 Å². The second kappa shape index (κ2) is 9.19. The zero-order valence-corrected chi connectivity index (χ0v) is 22.1. The van der Waals surface area contributed by atoms with Crippen LogP contribution in [0.5, 0.6) is 0 Å². The molecule has 4 aliphatic carbocycles. The Morgan fingerprint density at radius 3 is 2.13 bits per heavy atom. The van der Waals surface area contributed by atoms with Crippen LogP contribution < -0.4 is 9.80 Å². The van der Waals surface area contributed by atoms with Crippen molar-refractivity contribution in [2.45, 2.75) is 56.3 Å². The minimum Gasteiger partial charge on any atom is -0.364 e. The number of hydrogen-bond acceptors (Lipinski definition) is 2. The summed E-state index contributed by atoms with van der Waals surface area (Å²) in [4.78, 5) is 5.62. The Morgan fingerprint density at radius 2 is 1.32 bits per heavy atom. The maximum Gasteiger partial charge on any atom is 0.0548 e. The molecule has 0 aromatic heterocycles. The molecule has 0 saturated carbocycles. The molecule has 6 aliphatic rings. The molecule has 0 bridgehead atoms. The van der Waals surface area contributed by atoms with Gasteiger partial charge in [0.1, 0.15) is 0 Å². The fourth-order valence-electron chi connectivity index (χ4n) is 9.13. The van der Waals surface area contributed by atoms with Crippen LogP contribution in [0.25, 0.3) is 0 Å². The molecule has 192 valence electrons. The quantitative estimate of drug-likeness (QED) is 0.399. The molecule has 38 heavy (non-hydrogen) atoms. The zero-order chi connectivity index (χ0) is 25.1. The number of rotatable bonds is 3. The molecule has 0 spiro atoms. The summed E-state index contributed by atoms with van der Waals surface area (Å²) in [6, 6.07) is 24.7. The highest BCUT2D eigenvalue weighted by Crippen LogP contribution is 2.53. The molecule has 0 N–H and O–H groups in total. The van der Waals surface area contributed by atoms with Crippen LogP contribution in [0.1, 0.15) is 32.1 Å². The fraction of sp³-hybridized carbons (Fsp3) is 0.389. The number of allylic oxidation sites excluding steroid dienone is 4. The van der Waals surface area contributed by atoms with Crippen molar-refractivity contribution in [2.24, 2.45) is 29.6 Å². The van der Waals surface area contributed by atoms with Crippen LogP contribution in [0.15, 0.2) is 121 Å². The molecule has 2 aromatic carbocycles. The topological polar surface area (TPSA) is 6.48 Å². The van der Waals surface area contributed by atoms with Gasteiger partial charge in [-0.15, -0.1) is 0 Å². The summed E-state index contributed by atoms with van der Waals surface area (Å²) in [6.45, 7) is 0. The molecule has 2 saturated heterocycles. The van der Waals surface area contributed by atoms with E-state index in [4.69, 9.17) is 0 Å². The van der Waals surface area contributed by atoms with E-state index in [-0.39, 0.29) is 0 Å². The van der Waals surface area contributed by atoms with Gasteiger partial charge >= 0.3 is 0 Å². The number of hydrogen-bond donors (Lipinski definition) is 0. The normalized spacial score (nSPS) is 38.4. The number of fused-ring (bicyclic) bond motifs is 6. The first kappa shape index (κ1) is 22.7. The molecular weight excluding hydrogens is 460 g/mol. The summed E-state index contributed by atoms with van der Waals surface area (Å²) < 4.78 is 0. The van der Waals surface area contributed by atoms with Crippen LogP contribution in [-0.4, -0.2) is 24.2 Å². The third kappa shape index (κ3) is 3.45. The van der Waals surface area contributed by atoms with Crippen LogP contribution in [0.3, 0.4) is 0 Å². The monoisotopic (exact) mass is 498 g/mol. The van der Waals surface area contributed by atoms with E-state index in [1.54, 1.807) is 5.57 Å². The van der Waals surface area contributed by atoms with E-state index >= 15 is 0 Å². The Morgan fingerprint density at radius 1 is 0.605 bits per heavy atom. The van der Waals surface area contributed by atoms with E-state index in [1.807, 2.05) is 0 Å². The van der Waals surface area contributed by atoms with Gasteiger partial charge in [0.05, 0.1) is 6.04 Å². The van der Waals surface area contributed by atoms with E-state index < -0.39 is 0 Å². The van der Waals surface area contributed by atoms with Crippen LogP contribution in [0, 0.1) is 29.6 Å². The molecule has 8 rings (SSSR count). The lowest BCUT2D eigenvalue weighted by molar-refractivity contribution is 0.351. The van der Waals surface area contributed by atoms with Crippen LogP contribution >= 0.6 is 0 Å². The van der Waals surface area contributed by atoms with Gasteiger partial charge in [-0.2, -0.15) is 0 Å². The first-order valence-electron chi connectivity index (χ1n) is 14.9. The maximum atomic E-state index is 2.83. The largest absolute Gasteiger partial charge is 0.364 e. The number of nitrogens with zero attached hydrogens (tertiary/aromatic N) is 2. The smallest absolute Gasteiger partial charge is 0.0548 e. The van der Waals surface area contributed by atoms with E-state index in [1.165, 1.54) is 43.5 Å². The zero-order valence-electron chi connectivity index (χ0n) is 22.1. The SMILES string of the molecule is C1=CC2C3C=CCC(C4=CC5C6C=CCCC6N(c6ccccc6)C5CC4)C3N(c3ccccc3)C2C=C1. The van der Waals surface area contributed by atoms with Gasteiger partial charge in [0.25, 0.3) is 0 Å². The minimum absolute atomic E-state index is 0.449. The number of para-hydroxylation sites is 2. The standard InChI is InChI=1S/C36H38N2/c1-3-12-26(13-4-1)37-33-20-9-8-17-30(33)32-24-25(22-23-35(32)37)28-18-11-19-31-29-16-7-10-21-34(29)38(36(28)31)27-14-5-2-6-15-27/h1-8,10-17,19,21,24,28-36H,9,18,20,22-23H2. The van der Waals surface area contributed by atoms with Crippen molar-refractivity contribution < 1.29 is 0 Å². The lowest BCUT2D eigenvalue weighted by Crippen LogP contribution is -2.45. The van der Waals surface area contributed by atoms with Crippen molar-refractivity contribution in [2.75, 3.05) is 9.80 Å². The van der Waals surface area contributed by atoms with Gasteiger partial charge in [0.15, 0.2) is 0 Å². The Balaban J connectivity index is 1.18. The van der Waals surface area contributed by atoms with Gasteiger partial charge in [-0.05, 0) is 56.4 Å². The molecule has 2 heteroatoms. The van der Waals surface area contributed by atoms with Crippen molar-refractivity contribution >= 4 is 11.4 Å². The molecular formula is C36H38N2. The molecule has 2 aliphatic heterocycles. The second-order valence-electron chi connectivity index (χ2n) is 12.2. The summed E-state index contributed by atoms with van der Waals surface area (Å²) in [5.74, 6) is 2.99. The lowest BCUT2D eigenvalue weighted by atomic mass is 9.69. The molecule has 9 unspecified atom stereocenters. The highest BCUT2D eigenvalue weighted by molar-refractivity contribution is 5.56. The second-order valence-corrected chi connectivity index (χ2v) is 12.2. The average Bonchev–Trinajstić information content (AvgIpc) is 3.51. The molecule has 0 amide bonds. The highest BCUT2D eigenvalue weighted by atomic mass is 15.2. The predicted molar refractivity (Wildman–Crippen MR) is 158 cm³/mol. The van der Waals surface area contributed by atoms with Crippen molar-refractivity contribution in [1.29, 1.82) is 0 Å². The molecule has 2 aromatic rings. The third-order valence-corrected chi connectivity index (χ3v) is 10.5. The van der Waals surface area contributed by atoms with Crippen LogP contribution in [-0.2, 0) is 0 Å². The Hall–Kier alpha value is -3.26. The first-order valence-corrected chi connectivity index (χ1v) is 14.9. The summed E-state index contributed by atoms with van der Waals surface area (Å²) >= 11 is 0. The van der Waals surface area contributed by atoms with Gasteiger partial charge in [-0.25, -0.2) is 0 Å². The Labute approximate surface area is 227 Å². The number of anilines is 2. The molecule has 9 atom stereocenters. The summed E-state index contributed by atoms with van der Waals surface area (Å²) in [6.07, 6.45) is 28.6. The summed E-state index contributed by atoms with van der Waals surface area (Å²) in [5, 5.41) is 0. The summed E-state index contributed by atoms with van der Waals surface area (Å²) in [7, 11) is 0. The molecule has 2 nitrogen and oxygen atoms in total.